The molecule has 0 radical (unpaired) electrons. The lowest BCUT2D eigenvalue weighted by atomic mass is 10.3. The van der Waals surface area contributed by atoms with E-state index in [-0.39, 0.29) is 12.1 Å². The maximum atomic E-state index is 12.5. The molecule has 0 aliphatic heterocycles. The highest BCUT2D eigenvalue weighted by atomic mass is 16.5. The van der Waals surface area contributed by atoms with Gasteiger partial charge >= 0.3 is 5.97 Å². The summed E-state index contributed by atoms with van der Waals surface area (Å²) in [5, 5.41) is 7.89. The zero-order valence-corrected chi connectivity index (χ0v) is 12.7. The lowest BCUT2D eigenvalue weighted by molar-refractivity contribution is -0.146. The van der Waals surface area contributed by atoms with E-state index >= 15 is 0 Å². The van der Waals surface area contributed by atoms with Crippen LogP contribution in [0.5, 0.6) is 0 Å². The van der Waals surface area contributed by atoms with Crippen molar-refractivity contribution in [2.24, 2.45) is 0 Å². The molecule has 0 spiro atoms. The second-order valence-electron chi connectivity index (χ2n) is 4.89. The summed E-state index contributed by atoms with van der Waals surface area (Å²) in [6, 6.07) is 8.48. The van der Waals surface area contributed by atoms with Gasteiger partial charge in [0.25, 0.3) is 5.56 Å². The van der Waals surface area contributed by atoms with E-state index in [0.717, 1.165) is 5.69 Å². The molecule has 3 aromatic rings. The quantitative estimate of drug-likeness (QED) is 0.670. The Morgan fingerprint density at radius 1 is 1.30 bits per heavy atom. The lowest BCUT2D eigenvalue weighted by Gasteiger charge is -2.12. The maximum absolute atomic E-state index is 12.5. The van der Waals surface area contributed by atoms with Gasteiger partial charge < -0.3 is 4.74 Å². The highest BCUT2D eigenvalue weighted by Gasteiger charge is 2.21. The molecule has 0 fully saturated rings. The SMILES string of the molecule is CCOC(=O)[C@H](C)n1cnc2c(nnn2-c2ccccc2)c1=O. The highest BCUT2D eigenvalue weighted by molar-refractivity contribution is 5.75. The van der Waals surface area contributed by atoms with E-state index in [4.69, 9.17) is 4.74 Å². The fourth-order valence-electron chi connectivity index (χ4n) is 2.22. The Morgan fingerprint density at radius 2 is 2.04 bits per heavy atom. The van der Waals surface area contributed by atoms with Crippen molar-refractivity contribution in [3.63, 3.8) is 0 Å². The molecule has 0 N–H and O–H groups in total. The molecule has 0 bridgehead atoms. The summed E-state index contributed by atoms with van der Waals surface area (Å²) < 4.78 is 7.61. The fourth-order valence-corrected chi connectivity index (χ4v) is 2.22. The smallest absolute Gasteiger partial charge is 0.328 e. The molecule has 0 saturated carbocycles. The monoisotopic (exact) mass is 313 g/mol. The maximum Gasteiger partial charge on any atom is 0.328 e. The van der Waals surface area contributed by atoms with Crippen LogP contribution in [0.25, 0.3) is 16.9 Å². The summed E-state index contributed by atoms with van der Waals surface area (Å²) in [7, 11) is 0. The second kappa shape index (κ2) is 5.99. The molecule has 2 aromatic heterocycles. The number of hydrogen-bond acceptors (Lipinski definition) is 6. The number of nitrogens with zero attached hydrogens (tertiary/aromatic N) is 5. The first-order valence-corrected chi connectivity index (χ1v) is 7.18. The number of fused-ring (bicyclic) bond motifs is 1. The van der Waals surface area contributed by atoms with Crippen LogP contribution < -0.4 is 5.56 Å². The molecule has 0 amide bonds. The average Bonchev–Trinajstić information content (AvgIpc) is 3.00. The standard InChI is InChI=1S/C15H15N5O3/c1-3-23-15(22)10(2)19-9-16-13-12(14(19)21)17-18-20(13)11-7-5-4-6-8-11/h4-10H,3H2,1-2H3/t10-/m0/s1. The number of rotatable bonds is 4. The third-order valence-electron chi connectivity index (χ3n) is 3.43. The van der Waals surface area contributed by atoms with Crippen LogP contribution in [0.4, 0.5) is 0 Å². The molecule has 0 unspecified atom stereocenters. The van der Waals surface area contributed by atoms with Crippen LogP contribution in [0, 0.1) is 0 Å². The molecule has 1 aromatic carbocycles. The lowest BCUT2D eigenvalue weighted by Crippen LogP contribution is -2.29. The van der Waals surface area contributed by atoms with Crippen molar-refractivity contribution in [2.75, 3.05) is 6.61 Å². The fraction of sp³-hybridized carbons (Fsp3) is 0.267. The van der Waals surface area contributed by atoms with E-state index in [1.165, 1.54) is 15.6 Å². The van der Waals surface area contributed by atoms with Crippen LogP contribution in [0.15, 0.2) is 41.5 Å². The van der Waals surface area contributed by atoms with Gasteiger partial charge in [0, 0.05) is 0 Å². The number of carbonyl (C=O) groups excluding carboxylic acids is 1. The van der Waals surface area contributed by atoms with Crippen LogP contribution in [0.3, 0.4) is 0 Å². The summed E-state index contributed by atoms with van der Waals surface area (Å²) in [6.45, 7) is 3.53. The van der Waals surface area contributed by atoms with E-state index in [0.29, 0.717) is 5.65 Å². The van der Waals surface area contributed by atoms with Gasteiger partial charge in [0.1, 0.15) is 12.4 Å². The van der Waals surface area contributed by atoms with Gasteiger partial charge in [-0.25, -0.2) is 9.78 Å². The zero-order chi connectivity index (χ0) is 16.4. The number of hydrogen-bond donors (Lipinski definition) is 0. The Bertz CT molecular complexity index is 900. The van der Waals surface area contributed by atoms with E-state index in [1.54, 1.807) is 13.8 Å². The van der Waals surface area contributed by atoms with Gasteiger partial charge in [-0.1, -0.05) is 23.4 Å². The summed E-state index contributed by atoms with van der Waals surface area (Å²) in [5.41, 5.74) is 0.761. The third kappa shape index (κ3) is 2.59. The number of esters is 1. The summed E-state index contributed by atoms with van der Waals surface area (Å²) in [4.78, 5) is 28.6. The van der Waals surface area contributed by atoms with Crippen molar-refractivity contribution in [1.82, 2.24) is 24.5 Å². The molecule has 1 atom stereocenters. The summed E-state index contributed by atoms with van der Waals surface area (Å²) >= 11 is 0. The molecular weight excluding hydrogens is 298 g/mol. The molecule has 3 rings (SSSR count). The van der Waals surface area contributed by atoms with Crippen molar-refractivity contribution in [3.8, 4) is 5.69 Å². The van der Waals surface area contributed by atoms with Gasteiger partial charge in [-0.05, 0) is 26.0 Å². The number of carbonyl (C=O) groups is 1. The van der Waals surface area contributed by atoms with Gasteiger partial charge in [0.2, 0.25) is 0 Å². The normalized spacial score (nSPS) is 12.3. The van der Waals surface area contributed by atoms with Gasteiger partial charge in [-0.2, -0.15) is 4.68 Å². The predicted molar refractivity (Wildman–Crippen MR) is 82.3 cm³/mol. The predicted octanol–water partition coefficient (Wildman–Crippen LogP) is 1.10. The van der Waals surface area contributed by atoms with Gasteiger partial charge in [-0.3, -0.25) is 9.36 Å². The Kier molecular flexibility index (Phi) is 3.88. The Hall–Kier alpha value is -3.03. The number of benzene rings is 1. The highest BCUT2D eigenvalue weighted by Crippen LogP contribution is 2.12. The van der Waals surface area contributed by atoms with E-state index in [1.807, 2.05) is 30.3 Å². The molecule has 0 aliphatic carbocycles. The second-order valence-corrected chi connectivity index (χ2v) is 4.89. The minimum atomic E-state index is -0.777. The molecule has 2 heterocycles. The largest absolute Gasteiger partial charge is 0.464 e. The zero-order valence-electron chi connectivity index (χ0n) is 12.7. The summed E-state index contributed by atoms with van der Waals surface area (Å²) in [5.74, 6) is -0.494. The Balaban J connectivity index is 2.08. The molecule has 8 heteroatoms. The van der Waals surface area contributed by atoms with Crippen LogP contribution in [0.1, 0.15) is 19.9 Å². The Labute approximate surface area is 131 Å². The first kappa shape index (κ1) is 14.9. The van der Waals surface area contributed by atoms with Crippen molar-refractivity contribution < 1.29 is 9.53 Å². The molecule has 0 saturated heterocycles. The first-order valence-electron chi connectivity index (χ1n) is 7.18. The van der Waals surface area contributed by atoms with E-state index in [2.05, 4.69) is 15.3 Å². The molecule has 118 valence electrons. The number of aromatic nitrogens is 5. The van der Waals surface area contributed by atoms with Crippen molar-refractivity contribution in [1.29, 1.82) is 0 Å². The van der Waals surface area contributed by atoms with Crippen molar-refractivity contribution in [3.05, 3.63) is 47.0 Å². The Morgan fingerprint density at radius 3 is 2.74 bits per heavy atom. The van der Waals surface area contributed by atoms with E-state index in [9.17, 15) is 9.59 Å². The van der Waals surface area contributed by atoms with E-state index < -0.39 is 17.6 Å². The third-order valence-corrected chi connectivity index (χ3v) is 3.43. The minimum absolute atomic E-state index is 0.104. The topological polar surface area (TPSA) is 91.9 Å². The van der Waals surface area contributed by atoms with Gasteiger partial charge in [-0.15, -0.1) is 5.10 Å². The molecule has 8 nitrogen and oxygen atoms in total. The number of para-hydroxylation sites is 1. The molecule has 23 heavy (non-hydrogen) atoms. The first-order chi connectivity index (χ1) is 11.1. The van der Waals surface area contributed by atoms with Gasteiger partial charge in [0.15, 0.2) is 11.2 Å². The van der Waals surface area contributed by atoms with Gasteiger partial charge in [0.05, 0.1) is 12.3 Å². The van der Waals surface area contributed by atoms with Crippen LogP contribution in [0.2, 0.25) is 0 Å². The summed E-state index contributed by atoms with van der Waals surface area (Å²) in [6.07, 6.45) is 1.31. The molecular formula is C15H15N5O3. The van der Waals surface area contributed by atoms with Crippen LogP contribution in [-0.4, -0.2) is 37.1 Å². The minimum Gasteiger partial charge on any atom is -0.464 e. The van der Waals surface area contributed by atoms with Crippen LogP contribution in [-0.2, 0) is 9.53 Å². The number of ether oxygens (including phenoxy) is 1. The van der Waals surface area contributed by atoms with Crippen LogP contribution >= 0.6 is 0 Å². The molecule has 0 aliphatic rings. The van der Waals surface area contributed by atoms with Crippen molar-refractivity contribution >= 4 is 17.1 Å². The average molecular weight is 313 g/mol. The van der Waals surface area contributed by atoms with Crippen molar-refractivity contribution in [2.45, 2.75) is 19.9 Å².